The molecule has 0 N–H and O–H groups in total. The number of hydrogen-bond acceptors (Lipinski definition) is 2. The van der Waals surface area contributed by atoms with Gasteiger partial charge in [0.15, 0.2) is 0 Å². The van der Waals surface area contributed by atoms with Gasteiger partial charge in [0.05, 0.1) is 11.1 Å². The second-order valence-electron chi connectivity index (χ2n) is 7.90. The summed E-state index contributed by atoms with van der Waals surface area (Å²) in [5.74, 6) is 0. The maximum atomic E-state index is 14.1. The molecule has 0 aromatic heterocycles. The van der Waals surface area contributed by atoms with E-state index in [2.05, 4.69) is 9.64 Å². The Morgan fingerprint density at radius 1 is 0.606 bits per heavy atom. The summed E-state index contributed by atoms with van der Waals surface area (Å²) in [5.41, 5.74) is 3.13. The van der Waals surface area contributed by atoms with E-state index in [1.54, 1.807) is 0 Å². The molecule has 2 nitrogen and oxygen atoms in total. The van der Waals surface area contributed by atoms with Crippen LogP contribution in [0, 0.1) is 6.92 Å². The van der Waals surface area contributed by atoms with Gasteiger partial charge in [0.1, 0.15) is 0 Å². The average molecular weight is 449 g/mol. The van der Waals surface area contributed by atoms with Crippen LogP contribution in [-0.4, -0.2) is 0 Å². The molecule has 0 aliphatic carbocycles. The van der Waals surface area contributed by atoms with Crippen molar-refractivity contribution in [2.24, 2.45) is 0 Å². The SMILES string of the molecule is Cc1cc(N(c2ccccc2)c2ccccc2)ccc1-c1ccc2c(c1)C(F)(F)OC2(F)F. The van der Waals surface area contributed by atoms with Gasteiger partial charge in [-0.05, 0) is 72.1 Å². The first-order valence-corrected chi connectivity index (χ1v) is 10.4. The van der Waals surface area contributed by atoms with Gasteiger partial charge in [0.2, 0.25) is 0 Å². The summed E-state index contributed by atoms with van der Waals surface area (Å²) in [4.78, 5) is 2.09. The van der Waals surface area contributed by atoms with E-state index < -0.39 is 23.3 Å². The van der Waals surface area contributed by atoms with Crippen molar-refractivity contribution in [3.05, 3.63) is 114 Å². The topological polar surface area (TPSA) is 12.5 Å². The van der Waals surface area contributed by atoms with E-state index in [-0.39, 0.29) is 0 Å². The fourth-order valence-electron chi connectivity index (χ4n) is 4.19. The van der Waals surface area contributed by atoms with E-state index >= 15 is 0 Å². The maximum absolute atomic E-state index is 14.1. The smallest absolute Gasteiger partial charge is 0.310 e. The highest BCUT2D eigenvalue weighted by molar-refractivity contribution is 5.79. The molecule has 0 fully saturated rings. The summed E-state index contributed by atoms with van der Waals surface area (Å²) < 4.78 is 59.4. The number of alkyl halides is 4. The minimum atomic E-state index is -4.04. The highest BCUT2D eigenvalue weighted by Crippen LogP contribution is 2.51. The number of anilines is 3. The Bertz CT molecular complexity index is 1270. The predicted octanol–water partition coefficient (Wildman–Crippen LogP) is 8.26. The third-order valence-electron chi connectivity index (χ3n) is 5.71. The van der Waals surface area contributed by atoms with Crippen molar-refractivity contribution in [1.29, 1.82) is 0 Å². The van der Waals surface area contributed by atoms with Gasteiger partial charge in [-0.1, -0.05) is 48.5 Å². The van der Waals surface area contributed by atoms with Crippen LogP contribution < -0.4 is 4.90 Å². The first-order valence-electron chi connectivity index (χ1n) is 10.4. The first-order chi connectivity index (χ1) is 15.8. The third-order valence-corrected chi connectivity index (χ3v) is 5.71. The number of para-hydroxylation sites is 2. The Labute approximate surface area is 188 Å². The fourth-order valence-corrected chi connectivity index (χ4v) is 4.19. The van der Waals surface area contributed by atoms with Crippen molar-refractivity contribution >= 4 is 17.1 Å². The first kappa shape index (κ1) is 21.2. The molecule has 0 saturated carbocycles. The summed E-state index contributed by atoms with van der Waals surface area (Å²) in [5, 5.41) is 0. The molecular weight excluding hydrogens is 430 g/mol. The molecule has 0 radical (unpaired) electrons. The van der Waals surface area contributed by atoms with E-state index in [1.165, 1.54) is 6.07 Å². The lowest BCUT2D eigenvalue weighted by Crippen LogP contribution is -2.17. The minimum Gasteiger partial charge on any atom is -0.310 e. The van der Waals surface area contributed by atoms with Gasteiger partial charge in [-0.3, -0.25) is 0 Å². The number of aryl methyl sites for hydroxylation is 1. The quantitative estimate of drug-likeness (QED) is 0.291. The van der Waals surface area contributed by atoms with Crippen LogP contribution in [0.15, 0.2) is 97.1 Å². The van der Waals surface area contributed by atoms with Gasteiger partial charge in [0, 0.05) is 17.1 Å². The second kappa shape index (κ2) is 7.74. The van der Waals surface area contributed by atoms with Crippen molar-refractivity contribution in [3.8, 4) is 11.1 Å². The molecule has 0 atom stereocenters. The summed E-state index contributed by atoms with van der Waals surface area (Å²) in [6.07, 6.45) is -8.05. The van der Waals surface area contributed by atoms with Gasteiger partial charge in [-0.25, -0.2) is 4.74 Å². The molecule has 4 aromatic rings. The molecule has 5 rings (SSSR count). The zero-order chi connectivity index (χ0) is 23.2. The van der Waals surface area contributed by atoms with E-state index in [4.69, 9.17) is 0 Å². The third kappa shape index (κ3) is 3.76. The Morgan fingerprint density at radius 3 is 1.76 bits per heavy atom. The molecule has 33 heavy (non-hydrogen) atoms. The van der Waals surface area contributed by atoms with Crippen molar-refractivity contribution in [2.45, 2.75) is 19.1 Å². The highest BCUT2D eigenvalue weighted by Gasteiger charge is 2.57. The number of rotatable bonds is 4. The van der Waals surface area contributed by atoms with Crippen LogP contribution in [0.5, 0.6) is 0 Å². The number of hydrogen-bond donors (Lipinski definition) is 0. The Morgan fingerprint density at radius 2 is 1.18 bits per heavy atom. The normalized spacial score (nSPS) is 15.8. The van der Waals surface area contributed by atoms with Crippen LogP contribution in [-0.2, 0) is 17.0 Å². The maximum Gasteiger partial charge on any atom is 0.388 e. The summed E-state index contributed by atoms with van der Waals surface area (Å²) >= 11 is 0. The molecule has 1 aliphatic rings. The van der Waals surface area contributed by atoms with Gasteiger partial charge in [0.25, 0.3) is 0 Å². The number of benzene rings is 4. The number of fused-ring (bicyclic) bond motifs is 1. The fraction of sp³-hybridized carbons (Fsp3) is 0.111. The van der Waals surface area contributed by atoms with Crippen molar-refractivity contribution in [3.63, 3.8) is 0 Å². The zero-order valence-electron chi connectivity index (χ0n) is 17.6. The molecule has 0 saturated heterocycles. The molecule has 0 bridgehead atoms. The van der Waals surface area contributed by atoms with Crippen molar-refractivity contribution in [2.75, 3.05) is 4.90 Å². The minimum absolute atomic E-state index is 0.421. The van der Waals surface area contributed by atoms with Crippen LogP contribution in [0.1, 0.15) is 16.7 Å². The van der Waals surface area contributed by atoms with Crippen molar-refractivity contribution in [1.82, 2.24) is 0 Å². The largest absolute Gasteiger partial charge is 0.388 e. The number of halogens is 4. The van der Waals surface area contributed by atoms with Crippen LogP contribution in [0.3, 0.4) is 0 Å². The van der Waals surface area contributed by atoms with Gasteiger partial charge in [-0.2, -0.15) is 17.6 Å². The van der Waals surface area contributed by atoms with Crippen LogP contribution in [0.2, 0.25) is 0 Å². The highest BCUT2D eigenvalue weighted by atomic mass is 19.3. The molecule has 166 valence electrons. The van der Waals surface area contributed by atoms with Gasteiger partial charge >= 0.3 is 12.2 Å². The second-order valence-corrected chi connectivity index (χ2v) is 7.90. The van der Waals surface area contributed by atoms with Crippen LogP contribution >= 0.6 is 0 Å². The number of ether oxygens (including phenoxy) is 1. The molecule has 0 amide bonds. The lowest BCUT2D eigenvalue weighted by atomic mass is 9.95. The zero-order valence-corrected chi connectivity index (χ0v) is 17.6. The molecule has 0 unspecified atom stereocenters. The molecule has 6 heteroatoms. The van der Waals surface area contributed by atoms with E-state index in [0.29, 0.717) is 11.1 Å². The van der Waals surface area contributed by atoms with Crippen LogP contribution in [0.4, 0.5) is 34.6 Å². The summed E-state index contributed by atoms with van der Waals surface area (Å²) in [6, 6.07) is 28.9. The van der Waals surface area contributed by atoms with Gasteiger partial charge < -0.3 is 4.90 Å². The summed E-state index contributed by atoms with van der Waals surface area (Å²) in [6.45, 7) is 1.86. The van der Waals surface area contributed by atoms with Gasteiger partial charge in [-0.15, -0.1) is 0 Å². The molecule has 4 aromatic carbocycles. The average Bonchev–Trinajstić information content (AvgIpc) is 2.99. The summed E-state index contributed by atoms with van der Waals surface area (Å²) in [7, 11) is 0. The van der Waals surface area contributed by atoms with E-state index in [9.17, 15) is 17.6 Å². The van der Waals surface area contributed by atoms with E-state index in [0.717, 1.165) is 34.8 Å². The Balaban J connectivity index is 1.58. The standard InChI is InChI=1S/C27H19F4NO/c1-18-16-22(32(20-8-4-2-5-9-20)21-10-6-3-7-11-21)13-14-23(18)19-12-15-24-25(17-19)27(30,31)33-26(24,28)29/h2-17H,1H3. The lowest BCUT2D eigenvalue weighted by Gasteiger charge is -2.26. The molecule has 1 aliphatic heterocycles. The monoisotopic (exact) mass is 449 g/mol. The Kier molecular flexibility index (Phi) is 4.98. The van der Waals surface area contributed by atoms with Crippen molar-refractivity contribution < 1.29 is 22.3 Å². The number of nitrogens with zero attached hydrogens (tertiary/aromatic N) is 1. The molecular formula is C27H19F4NO. The lowest BCUT2D eigenvalue weighted by molar-refractivity contribution is -0.369. The molecule has 1 heterocycles. The van der Waals surface area contributed by atoms with Crippen LogP contribution in [0.25, 0.3) is 11.1 Å². The molecule has 0 spiro atoms. The van der Waals surface area contributed by atoms with E-state index in [1.807, 2.05) is 85.8 Å². The predicted molar refractivity (Wildman–Crippen MR) is 120 cm³/mol. The Hall–Kier alpha value is -3.64.